The molecule has 1 aromatic heterocycles. The Kier molecular flexibility index (Phi) is 3.50. The van der Waals surface area contributed by atoms with Crippen LogP contribution in [0.3, 0.4) is 0 Å². The van der Waals surface area contributed by atoms with E-state index in [-0.39, 0.29) is 0 Å². The summed E-state index contributed by atoms with van der Waals surface area (Å²) in [5, 5.41) is 4.11. The van der Waals surface area contributed by atoms with Crippen molar-refractivity contribution in [2.24, 2.45) is 0 Å². The van der Waals surface area contributed by atoms with Gasteiger partial charge < -0.3 is 10.3 Å². The first kappa shape index (κ1) is 12.5. The molecule has 0 aliphatic rings. The summed E-state index contributed by atoms with van der Waals surface area (Å²) in [6.07, 6.45) is 1.74. The molecule has 0 amide bonds. The summed E-state index contributed by atoms with van der Waals surface area (Å²) in [5.41, 5.74) is 10.1. The molecule has 0 radical (unpaired) electrons. The fraction of sp³-hybridized carbons (Fsp3) is 0.118. The largest absolute Gasteiger partial charge is 0.367 e. The lowest BCUT2D eigenvalue weighted by molar-refractivity contribution is 0.427. The number of aryl methyl sites for hydroxylation is 2. The van der Waals surface area contributed by atoms with Gasteiger partial charge in [0.05, 0.1) is 11.3 Å². The van der Waals surface area contributed by atoms with Gasteiger partial charge in [-0.25, -0.2) is 0 Å². The van der Waals surface area contributed by atoms with E-state index in [1.807, 2.05) is 48.5 Å². The normalized spacial score (nSPS) is 10.6. The van der Waals surface area contributed by atoms with Crippen molar-refractivity contribution >= 4 is 5.88 Å². The van der Waals surface area contributed by atoms with Crippen LogP contribution < -0.4 is 5.73 Å². The van der Waals surface area contributed by atoms with Gasteiger partial charge in [-0.1, -0.05) is 65.8 Å². The van der Waals surface area contributed by atoms with Crippen molar-refractivity contribution < 1.29 is 4.52 Å². The zero-order valence-electron chi connectivity index (χ0n) is 11.1. The molecular formula is C17H16N2O. The predicted octanol–water partition coefficient (Wildman–Crippen LogP) is 3.71. The van der Waals surface area contributed by atoms with Gasteiger partial charge in [-0.05, 0) is 24.0 Å². The Morgan fingerprint density at radius 1 is 0.850 bits per heavy atom. The highest BCUT2D eigenvalue weighted by molar-refractivity contribution is 5.74. The summed E-state index contributed by atoms with van der Waals surface area (Å²) in [4.78, 5) is 0. The third-order valence-electron chi connectivity index (χ3n) is 3.34. The molecule has 20 heavy (non-hydrogen) atoms. The molecule has 0 bridgehead atoms. The van der Waals surface area contributed by atoms with E-state index in [1.165, 1.54) is 5.56 Å². The highest BCUT2D eigenvalue weighted by Crippen LogP contribution is 2.30. The Morgan fingerprint density at radius 2 is 1.50 bits per heavy atom. The summed E-state index contributed by atoms with van der Waals surface area (Å²) in [7, 11) is 0. The Hall–Kier alpha value is -2.55. The fourth-order valence-corrected chi connectivity index (χ4v) is 2.33. The number of benzene rings is 2. The molecule has 100 valence electrons. The molecule has 0 atom stereocenters. The maximum atomic E-state index is 5.91. The van der Waals surface area contributed by atoms with Gasteiger partial charge in [-0.3, -0.25) is 0 Å². The standard InChI is InChI=1S/C17H16N2O/c18-17-16(14-9-5-2-6-10-14)15(19-20-17)12-11-13-7-3-1-4-8-13/h1-10H,11-12,18H2. The van der Waals surface area contributed by atoms with Gasteiger partial charge in [0.25, 0.3) is 0 Å². The molecular weight excluding hydrogens is 248 g/mol. The van der Waals surface area contributed by atoms with E-state index < -0.39 is 0 Å². The molecule has 1 heterocycles. The van der Waals surface area contributed by atoms with Crippen LogP contribution in [0.1, 0.15) is 11.3 Å². The van der Waals surface area contributed by atoms with E-state index in [0.717, 1.165) is 29.7 Å². The second-order valence-corrected chi connectivity index (χ2v) is 4.72. The van der Waals surface area contributed by atoms with Gasteiger partial charge in [0.15, 0.2) is 0 Å². The number of aromatic nitrogens is 1. The number of hydrogen-bond acceptors (Lipinski definition) is 3. The van der Waals surface area contributed by atoms with Crippen LogP contribution in [-0.4, -0.2) is 5.16 Å². The molecule has 0 unspecified atom stereocenters. The van der Waals surface area contributed by atoms with Crippen molar-refractivity contribution in [3.05, 3.63) is 71.9 Å². The first-order valence-electron chi connectivity index (χ1n) is 6.68. The van der Waals surface area contributed by atoms with Crippen molar-refractivity contribution in [3.8, 4) is 11.1 Å². The molecule has 0 saturated carbocycles. The highest BCUT2D eigenvalue weighted by Gasteiger charge is 2.15. The van der Waals surface area contributed by atoms with Crippen molar-refractivity contribution in [2.45, 2.75) is 12.8 Å². The van der Waals surface area contributed by atoms with E-state index in [0.29, 0.717) is 5.88 Å². The van der Waals surface area contributed by atoms with E-state index in [4.69, 9.17) is 10.3 Å². The average molecular weight is 264 g/mol. The van der Waals surface area contributed by atoms with Crippen LogP contribution >= 0.6 is 0 Å². The summed E-state index contributed by atoms with van der Waals surface area (Å²) >= 11 is 0. The Bertz CT molecular complexity index is 675. The number of rotatable bonds is 4. The molecule has 0 spiro atoms. The van der Waals surface area contributed by atoms with Gasteiger partial charge >= 0.3 is 0 Å². The molecule has 0 aliphatic heterocycles. The lowest BCUT2D eigenvalue weighted by Gasteiger charge is -2.03. The molecule has 2 N–H and O–H groups in total. The topological polar surface area (TPSA) is 52.0 Å². The minimum Gasteiger partial charge on any atom is -0.367 e. The molecule has 3 nitrogen and oxygen atoms in total. The van der Waals surface area contributed by atoms with Crippen molar-refractivity contribution in [3.63, 3.8) is 0 Å². The average Bonchev–Trinajstić information content (AvgIpc) is 2.88. The molecule has 3 aromatic rings. The van der Waals surface area contributed by atoms with Gasteiger partial charge in [-0.15, -0.1) is 0 Å². The lowest BCUT2D eigenvalue weighted by atomic mass is 10.0. The number of nitrogens with zero attached hydrogens (tertiary/aromatic N) is 1. The number of nitrogens with two attached hydrogens (primary N) is 1. The number of hydrogen-bond donors (Lipinski definition) is 1. The second kappa shape index (κ2) is 5.61. The minimum absolute atomic E-state index is 0.388. The van der Waals surface area contributed by atoms with Gasteiger partial charge in [0, 0.05) is 0 Å². The number of nitrogen functional groups attached to an aromatic ring is 1. The smallest absolute Gasteiger partial charge is 0.230 e. The molecule has 3 heteroatoms. The zero-order chi connectivity index (χ0) is 13.8. The molecule has 0 aliphatic carbocycles. The summed E-state index contributed by atoms with van der Waals surface area (Å²) in [5.74, 6) is 0.388. The van der Waals surface area contributed by atoms with Gasteiger partial charge in [0.1, 0.15) is 0 Å². The van der Waals surface area contributed by atoms with Crippen molar-refractivity contribution in [1.82, 2.24) is 5.16 Å². The van der Waals surface area contributed by atoms with E-state index in [9.17, 15) is 0 Å². The van der Waals surface area contributed by atoms with Crippen LogP contribution in [0.25, 0.3) is 11.1 Å². The molecule has 0 saturated heterocycles. The van der Waals surface area contributed by atoms with Crippen LogP contribution in [0.4, 0.5) is 5.88 Å². The number of anilines is 1. The SMILES string of the molecule is Nc1onc(CCc2ccccc2)c1-c1ccccc1. The van der Waals surface area contributed by atoms with Crippen LogP contribution in [0, 0.1) is 0 Å². The maximum Gasteiger partial charge on any atom is 0.230 e. The molecule has 3 rings (SSSR count). The summed E-state index contributed by atoms with van der Waals surface area (Å²) in [6.45, 7) is 0. The minimum atomic E-state index is 0.388. The third-order valence-corrected chi connectivity index (χ3v) is 3.34. The summed E-state index contributed by atoms with van der Waals surface area (Å²) in [6, 6.07) is 20.4. The summed E-state index contributed by atoms with van der Waals surface area (Å²) < 4.78 is 5.17. The Labute approximate surface area is 118 Å². The van der Waals surface area contributed by atoms with Crippen molar-refractivity contribution in [2.75, 3.05) is 5.73 Å². The first-order valence-corrected chi connectivity index (χ1v) is 6.68. The van der Waals surface area contributed by atoms with Crippen molar-refractivity contribution in [1.29, 1.82) is 0 Å². The van der Waals surface area contributed by atoms with E-state index >= 15 is 0 Å². The van der Waals surface area contributed by atoms with Crippen LogP contribution in [-0.2, 0) is 12.8 Å². The van der Waals surface area contributed by atoms with Crippen LogP contribution in [0.15, 0.2) is 65.2 Å². The third kappa shape index (κ3) is 2.57. The van der Waals surface area contributed by atoms with Crippen LogP contribution in [0.2, 0.25) is 0 Å². The zero-order valence-corrected chi connectivity index (χ0v) is 11.1. The van der Waals surface area contributed by atoms with E-state index in [2.05, 4.69) is 17.3 Å². The maximum absolute atomic E-state index is 5.91. The second-order valence-electron chi connectivity index (χ2n) is 4.72. The predicted molar refractivity (Wildman–Crippen MR) is 80.2 cm³/mol. The Balaban J connectivity index is 1.85. The fourth-order valence-electron chi connectivity index (χ4n) is 2.33. The highest BCUT2D eigenvalue weighted by atomic mass is 16.5. The van der Waals surface area contributed by atoms with E-state index in [1.54, 1.807) is 0 Å². The molecule has 0 fully saturated rings. The first-order chi connectivity index (χ1) is 9.84. The van der Waals surface area contributed by atoms with Gasteiger partial charge in [0.2, 0.25) is 5.88 Å². The lowest BCUT2D eigenvalue weighted by Crippen LogP contribution is -1.94. The molecule has 2 aromatic carbocycles. The van der Waals surface area contributed by atoms with Gasteiger partial charge in [-0.2, -0.15) is 0 Å². The quantitative estimate of drug-likeness (QED) is 0.781. The monoisotopic (exact) mass is 264 g/mol. The van der Waals surface area contributed by atoms with Crippen LogP contribution in [0.5, 0.6) is 0 Å². The Morgan fingerprint density at radius 3 is 2.20 bits per heavy atom.